The molecule has 0 spiro atoms. The van der Waals surface area contributed by atoms with Crippen LogP contribution >= 0.6 is 11.6 Å². The molecular formula is C20H18ClF3N4O2. The largest absolute Gasteiger partial charge is 0.573 e. The number of hydrogen-bond donors (Lipinski definition) is 2. The van der Waals surface area contributed by atoms with Gasteiger partial charge in [0, 0.05) is 24.0 Å². The molecule has 1 heterocycles. The Bertz CT molecular complexity index is 960. The molecule has 2 aromatic carbocycles. The minimum atomic E-state index is -4.77. The molecule has 2 amide bonds. The topological polar surface area (TPSA) is 77.4 Å². The number of ether oxygens (including phenoxy) is 1. The first kappa shape index (κ1) is 21.6. The summed E-state index contributed by atoms with van der Waals surface area (Å²) < 4.78 is 40.4. The number of anilines is 2. The third-order valence-corrected chi connectivity index (χ3v) is 5.13. The molecule has 2 aromatic rings. The molecule has 3 rings (SSSR count). The molecule has 158 valence electrons. The van der Waals surface area contributed by atoms with Crippen LogP contribution in [0.3, 0.4) is 0 Å². The minimum Gasteiger partial charge on any atom is -0.406 e. The van der Waals surface area contributed by atoms with Gasteiger partial charge in [-0.05, 0) is 55.8 Å². The minimum absolute atomic E-state index is 0.0256. The Morgan fingerprint density at radius 2 is 1.97 bits per heavy atom. The lowest BCUT2D eigenvalue weighted by Gasteiger charge is -2.27. The number of carbonyl (C=O) groups excluding carboxylic acids is 1. The van der Waals surface area contributed by atoms with Gasteiger partial charge < -0.3 is 20.3 Å². The Labute approximate surface area is 176 Å². The second-order valence-electron chi connectivity index (χ2n) is 6.78. The van der Waals surface area contributed by atoms with Gasteiger partial charge in [-0.25, -0.2) is 4.79 Å². The number of nitrogens with zero attached hydrogens (tertiary/aromatic N) is 2. The van der Waals surface area contributed by atoms with E-state index < -0.39 is 12.4 Å². The zero-order valence-electron chi connectivity index (χ0n) is 15.8. The third kappa shape index (κ3) is 5.27. The highest BCUT2D eigenvalue weighted by atomic mass is 35.5. The van der Waals surface area contributed by atoms with Crippen LogP contribution in [-0.4, -0.2) is 31.0 Å². The molecule has 2 N–H and O–H groups in total. The number of benzene rings is 2. The summed E-state index contributed by atoms with van der Waals surface area (Å²) >= 11 is 6.11. The molecule has 0 aliphatic carbocycles. The van der Waals surface area contributed by atoms with Gasteiger partial charge >= 0.3 is 12.4 Å². The Hall–Kier alpha value is -3.12. The van der Waals surface area contributed by atoms with Gasteiger partial charge in [0.1, 0.15) is 11.8 Å². The number of amides is 2. The summed E-state index contributed by atoms with van der Waals surface area (Å²) in [6.07, 6.45) is -4.07. The smallest absolute Gasteiger partial charge is 0.406 e. The Morgan fingerprint density at radius 3 is 2.57 bits per heavy atom. The maximum atomic E-state index is 12.3. The number of hydrogen-bond acceptors (Lipinski definition) is 4. The second kappa shape index (κ2) is 8.71. The fourth-order valence-electron chi connectivity index (χ4n) is 3.35. The summed E-state index contributed by atoms with van der Waals surface area (Å²) in [5.41, 5.74) is 1.59. The number of nitrogens with one attached hydrogen (secondary N) is 2. The molecule has 10 heteroatoms. The summed E-state index contributed by atoms with van der Waals surface area (Å²) in [7, 11) is 0. The summed E-state index contributed by atoms with van der Waals surface area (Å²) in [6, 6.07) is 11.5. The van der Waals surface area contributed by atoms with Gasteiger partial charge in [0.15, 0.2) is 0 Å². The summed E-state index contributed by atoms with van der Waals surface area (Å²) in [6.45, 7) is 2.66. The molecule has 1 fully saturated rings. The zero-order chi connectivity index (χ0) is 21.9. The number of halogens is 4. The highest BCUT2D eigenvalue weighted by Gasteiger charge is 2.32. The van der Waals surface area contributed by atoms with Crippen molar-refractivity contribution in [2.75, 3.05) is 16.8 Å². The first-order chi connectivity index (χ1) is 14.2. The van der Waals surface area contributed by atoms with E-state index in [1.54, 1.807) is 12.1 Å². The highest BCUT2D eigenvalue weighted by molar-refractivity contribution is 6.32. The molecule has 0 saturated carbocycles. The van der Waals surface area contributed by atoms with Crippen molar-refractivity contribution in [3.8, 4) is 11.8 Å². The summed E-state index contributed by atoms with van der Waals surface area (Å²) in [5, 5.41) is 14.8. The van der Waals surface area contributed by atoms with Crippen LogP contribution in [0.25, 0.3) is 0 Å². The SMILES string of the molecule is C[C@H]1[C@@H](NC(=O)Nc2ccc(OC(F)(F)F)cc2)CCN1c1ccc(C#N)c(Cl)c1. The molecule has 30 heavy (non-hydrogen) atoms. The molecule has 2 atom stereocenters. The van der Waals surface area contributed by atoms with Gasteiger partial charge in [0.2, 0.25) is 0 Å². The van der Waals surface area contributed by atoms with Crippen LogP contribution in [0, 0.1) is 11.3 Å². The monoisotopic (exact) mass is 438 g/mol. The van der Waals surface area contributed by atoms with Gasteiger partial charge in [-0.3, -0.25) is 0 Å². The van der Waals surface area contributed by atoms with E-state index in [0.29, 0.717) is 29.2 Å². The van der Waals surface area contributed by atoms with E-state index in [4.69, 9.17) is 16.9 Å². The molecule has 1 saturated heterocycles. The van der Waals surface area contributed by atoms with Crippen molar-refractivity contribution >= 4 is 29.0 Å². The van der Waals surface area contributed by atoms with Crippen LogP contribution in [0.5, 0.6) is 5.75 Å². The van der Waals surface area contributed by atoms with Gasteiger partial charge in [0.05, 0.1) is 16.6 Å². The summed E-state index contributed by atoms with van der Waals surface area (Å²) in [4.78, 5) is 14.4. The fourth-order valence-corrected chi connectivity index (χ4v) is 3.56. The van der Waals surface area contributed by atoms with Crippen molar-refractivity contribution in [3.63, 3.8) is 0 Å². The van der Waals surface area contributed by atoms with Gasteiger partial charge in [0.25, 0.3) is 0 Å². The van der Waals surface area contributed by atoms with Gasteiger partial charge in [-0.15, -0.1) is 13.2 Å². The maximum Gasteiger partial charge on any atom is 0.573 e. The Kier molecular flexibility index (Phi) is 6.27. The molecular weight excluding hydrogens is 421 g/mol. The number of alkyl halides is 3. The Morgan fingerprint density at radius 1 is 1.27 bits per heavy atom. The molecule has 6 nitrogen and oxygen atoms in total. The van der Waals surface area contributed by atoms with Gasteiger partial charge in [-0.1, -0.05) is 11.6 Å². The zero-order valence-corrected chi connectivity index (χ0v) is 16.6. The molecule has 0 unspecified atom stereocenters. The molecule has 1 aliphatic heterocycles. The first-order valence-electron chi connectivity index (χ1n) is 9.06. The molecule has 0 aromatic heterocycles. The van der Waals surface area contributed by atoms with E-state index in [0.717, 1.165) is 17.8 Å². The van der Waals surface area contributed by atoms with Crippen LogP contribution in [-0.2, 0) is 0 Å². The lowest BCUT2D eigenvalue weighted by molar-refractivity contribution is -0.274. The predicted octanol–water partition coefficient (Wildman–Crippen LogP) is 4.90. The molecule has 0 radical (unpaired) electrons. The Balaban J connectivity index is 1.57. The average Bonchev–Trinajstić information content (AvgIpc) is 3.02. The standard InChI is InChI=1S/C20H18ClF3N4O2/c1-12-18(8-9-28(12)15-5-2-13(11-25)17(21)10-15)27-19(29)26-14-3-6-16(7-4-14)30-20(22,23)24/h2-7,10,12,18H,8-9H2,1H3,(H2,26,27,29)/t12-,18-/m0/s1. The lowest BCUT2D eigenvalue weighted by atomic mass is 10.1. The van der Waals surface area contributed by atoms with Crippen molar-refractivity contribution in [3.05, 3.63) is 53.1 Å². The maximum absolute atomic E-state index is 12.3. The lowest BCUT2D eigenvalue weighted by Crippen LogP contribution is -2.45. The number of urea groups is 1. The number of carbonyl (C=O) groups is 1. The van der Waals surface area contributed by atoms with E-state index in [9.17, 15) is 18.0 Å². The van der Waals surface area contributed by atoms with Crippen LogP contribution in [0.4, 0.5) is 29.3 Å². The molecule has 0 bridgehead atoms. The van der Waals surface area contributed by atoms with Crippen molar-refractivity contribution < 1.29 is 22.7 Å². The number of nitriles is 1. The van der Waals surface area contributed by atoms with Crippen LogP contribution in [0.1, 0.15) is 18.9 Å². The fraction of sp³-hybridized carbons (Fsp3) is 0.300. The normalized spacial score (nSPS) is 18.6. The first-order valence-corrected chi connectivity index (χ1v) is 9.43. The van der Waals surface area contributed by atoms with Crippen molar-refractivity contribution in [1.29, 1.82) is 5.26 Å². The average molecular weight is 439 g/mol. The van der Waals surface area contributed by atoms with Crippen molar-refractivity contribution in [1.82, 2.24) is 5.32 Å². The summed E-state index contributed by atoms with van der Waals surface area (Å²) in [5.74, 6) is -0.366. The highest BCUT2D eigenvalue weighted by Crippen LogP contribution is 2.29. The van der Waals surface area contributed by atoms with E-state index >= 15 is 0 Å². The van der Waals surface area contributed by atoms with E-state index in [1.165, 1.54) is 12.1 Å². The third-order valence-electron chi connectivity index (χ3n) is 4.82. The van der Waals surface area contributed by atoms with Crippen LogP contribution < -0.4 is 20.3 Å². The predicted molar refractivity (Wildman–Crippen MR) is 107 cm³/mol. The van der Waals surface area contributed by atoms with Crippen LogP contribution in [0.15, 0.2) is 42.5 Å². The van der Waals surface area contributed by atoms with E-state index in [2.05, 4.69) is 20.3 Å². The van der Waals surface area contributed by atoms with Crippen molar-refractivity contribution in [2.45, 2.75) is 31.8 Å². The second-order valence-corrected chi connectivity index (χ2v) is 7.18. The van der Waals surface area contributed by atoms with E-state index in [1.807, 2.05) is 19.1 Å². The van der Waals surface area contributed by atoms with Crippen molar-refractivity contribution in [2.24, 2.45) is 0 Å². The van der Waals surface area contributed by atoms with E-state index in [-0.39, 0.29) is 17.8 Å². The van der Waals surface area contributed by atoms with Gasteiger partial charge in [-0.2, -0.15) is 5.26 Å². The molecule has 1 aliphatic rings. The van der Waals surface area contributed by atoms with Crippen LogP contribution in [0.2, 0.25) is 5.02 Å². The quantitative estimate of drug-likeness (QED) is 0.711. The number of rotatable bonds is 4.